The predicted molar refractivity (Wildman–Crippen MR) is 118 cm³/mol. The van der Waals surface area contributed by atoms with Crippen LogP contribution in [0.1, 0.15) is 26.2 Å². The first kappa shape index (κ1) is 23.1. The molecule has 6 rings (SSSR count). The largest absolute Gasteiger partial charge is 0.392 e. The molecule has 14 atom stereocenters. The number of ether oxygens (including phenoxy) is 4. The number of aliphatic hydroxyl groups excluding tert-OH is 2. The molecule has 7 bridgehead atoms. The van der Waals surface area contributed by atoms with Gasteiger partial charge in [-0.25, -0.2) is 0 Å². The second-order valence-electron chi connectivity index (χ2n) is 11.8. The summed E-state index contributed by atoms with van der Waals surface area (Å²) in [5, 5.41) is 35.8. The van der Waals surface area contributed by atoms with Crippen molar-refractivity contribution in [1.82, 2.24) is 4.90 Å². The van der Waals surface area contributed by atoms with Crippen LogP contribution in [0.4, 0.5) is 0 Å². The second kappa shape index (κ2) is 7.35. The summed E-state index contributed by atoms with van der Waals surface area (Å²) in [6, 6.07) is 0.0627. The third-order valence-corrected chi connectivity index (χ3v) is 11.5. The Morgan fingerprint density at radius 3 is 2.36 bits per heavy atom. The van der Waals surface area contributed by atoms with Crippen molar-refractivity contribution in [3.8, 4) is 0 Å². The minimum atomic E-state index is -1.09. The Morgan fingerprint density at radius 2 is 1.76 bits per heavy atom. The van der Waals surface area contributed by atoms with Gasteiger partial charge in [0.25, 0.3) is 0 Å². The number of methoxy groups -OCH3 is 4. The lowest BCUT2D eigenvalue weighted by atomic mass is 9.42. The first-order valence-corrected chi connectivity index (χ1v) is 12.7. The van der Waals surface area contributed by atoms with E-state index in [4.69, 9.17) is 18.9 Å². The molecule has 1 aliphatic heterocycles. The topological polar surface area (TPSA) is 101 Å². The van der Waals surface area contributed by atoms with E-state index in [2.05, 4.69) is 11.8 Å². The van der Waals surface area contributed by atoms with Gasteiger partial charge in [-0.3, -0.25) is 4.90 Å². The van der Waals surface area contributed by atoms with Gasteiger partial charge in [0.1, 0.15) is 0 Å². The first-order chi connectivity index (χ1) is 15.8. The molecule has 8 nitrogen and oxygen atoms in total. The summed E-state index contributed by atoms with van der Waals surface area (Å²) in [6.45, 7) is 4.14. The van der Waals surface area contributed by atoms with Crippen molar-refractivity contribution in [3.05, 3.63) is 0 Å². The summed E-state index contributed by atoms with van der Waals surface area (Å²) in [6.07, 6.45) is 0.0688. The average Bonchev–Trinajstić information content (AvgIpc) is 3.20. The van der Waals surface area contributed by atoms with Crippen LogP contribution in [-0.4, -0.2) is 111 Å². The molecular weight excluding hydrogens is 426 g/mol. The van der Waals surface area contributed by atoms with Gasteiger partial charge in [-0.05, 0) is 18.9 Å². The maximum Gasteiger partial charge on any atom is 0.0796 e. The fraction of sp³-hybridized carbons (Fsp3) is 1.00. The van der Waals surface area contributed by atoms with Gasteiger partial charge in [-0.2, -0.15) is 0 Å². The van der Waals surface area contributed by atoms with Crippen molar-refractivity contribution in [2.45, 2.75) is 68.3 Å². The van der Waals surface area contributed by atoms with Gasteiger partial charge in [0.15, 0.2) is 0 Å². The lowest BCUT2D eigenvalue weighted by Gasteiger charge is -2.70. The Kier molecular flexibility index (Phi) is 5.15. The SMILES string of the molecule is CCN1C[C@]2(COC)[C@H](O)C[C@H](OC)[C@@]34[C@@H]5C[C@H]6[C@H](O)[C@@H]5[C@](O)(C[C@@H]6OC)[C@@H]([C@@H](OC)[C@H]23)[C@@H]14. The van der Waals surface area contributed by atoms with Crippen LogP contribution in [0.2, 0.25) is 0 Å². The van der Waals surface area contributed by atoms with E-state index in [9.17, 15) is 15.3 Å². The first-order valence-electron chi connectivity index (χ1n) is 12.7. The van der Waals surface area contributed by atoms with Crippen LogP contribution in [0.25, 0.3) is 0 Å². The van der Waals surface area contributed by atoms with Crippen molar-refractivity contribution in [3.63, 3.8) is 0 Å². The van der Waals surface area contributed by atoms with Gasteiger partial charge in [-0.1, -0.05) is 6.92 Å². The number of rotatable bonds is 6. The molecule has 0 aromatic carbocycles. The second-order valence-corrected chi connectivity index (χ2v) is 11.8. The number of hydrogen-bond donors (Lipinski definition) is 3. The quantitative estimate of drug-likeness (QED) is 0.507. The monoisotopic (exact) mass is 467 g/mol. The van der Waals surface area contributed by atoms with E-state index in [1.54, 1.807) is 28.4 Å². The minimum absolute atomic E-state index is 0.0111. The molecule has 6 fully saturated rings. The molecule has 33 heavy (non-hydrogen) atoms. The van der Waals surface area contributed by atoms with Crippen molar-refractivity contribution in [2.75, 3.05) is 48.1 Å². The number of aliphatic hydroxyl groups is 3. The molecule has 0 aromatic rings. The standard InChI is InChI=1S/C25H41NO7/c1-6-26-10-23(11-30-2)15(27)8-16(32-4)25-13-7-12-14(31-3)9-24(29,17(13)19(12)28)18(22(25)26)20(33-5)21(23)25/h12-22,27-29H,6-11H2,1-5H3/t12-,13-,14+,15-,16+,17-,18+,19+,20-,21-,22-,23+,24-,25+/m1/s1. The zero-order valence-electron chi connectivity index (χ0n) is 20.5. The van der Waals surface area contributed by atoms with Crippen LogP contribution < -0.4 is 0 Å². The molecule has 3 N–H and O–H groups in total. The van der Waals surface area contributed by atoms with E-state index in [-0.39, 0.29) is 59.4 Å². The van der Waals surface area contributed by atoms with E-state index in [0.717, 1.165) is 19.5 Å². The Morgan fingerprint density at radius 1 is 1.00 bits per heavy atom. The summed E-state index contributed by atoms with van der Waals surface area (Å²) >= 11 is 0. The van der Waals surface area contributed by atoms with E-state index < -0.39 is 23.2 Å². The highest BCUT2D eigenvalue weighted by Crippen LogP contribution is 2.79. The van der Waals surface area contributed by atoms with E-state index in [1.165, 1.54) is 0 Å². The predicted octanol–water partition coefficient (Wildman–Crippen LogP) is 0.127. The van der Waals surface area contributed by atoms with E-state index in [0.29, 0.717) is 19.4 Å². The normalized spacial score (nSPS) is 60.9. The number of likely N-dealkylation sites (tertiary alicyclic amines) is 1. The average molecular weight is 468 g/mol. The van der Waals surface area contributed by atoms with Gasteiger partial charge in [-0.15, -0.1) is 0 Å². The molecule has 0 unspecified atom stereocenters. The zero-order chi connectivity index (χ0) is 23.5. The third-order valence-electron chi connectivity index (χ3n) is 11.5. The molecule has 188 valence electrons. The molecule has 0 aromatic heterocycles. The Hall–Kier alpha value is -0.320. The van der Waals surface area contributed by atoms with E-state index in [1.807, 2.05) is 0 Å². The number of piperidine rings is 1. The third kappa shape index (κ3) is 2.32. The van der Waals surface area contributed by atoms with Gasteiger partial charge < -0.3 is 34.3 Å². The van der Waals surface area contributed by atoms with E-state index >= 15 is 0 Å². The molecule has 8 heteroatoms. The molecule has 1 heterocycles. The zero-order valence-corrected chi connectivity index (χ0v) is 20.5. The van der Waals surface area contributed by atoms with Crippen molar-refractivity contribution in [1.29, 1.82) is 0 Å². The van der Waals surface area contributed by atoms with Crippen LogP contribution in [-0.2, 0) is 18.9 Å². The summed E-state index contributed by atoms with van der Waals surface area (Å²) in [5.74, 6) is -0.369. The fourth-order valence-corrected chi connectivity index (χ4v) is 10.9. The van der Waals surface area contributed by atoms with Gasteiger partial charge >= 0.3 is 0 Å². The maximum atomic E-state index is 12.6. The molecule has 0 radical (unpaired) electrons. The summed E-state index contributed by atoms with van der Waals surface area (Å²) in [4.78, 5) is 2.47. The van der Waals surface area contributed by atoms with Crippen LogP contribution in [0.3, 0.4) is 0 Å². The number of hydrogen-bond acceptors (Lipinski definition) is 8. The van der Waals surface area contributed by atoms with Crippen molar-refractivity contribution >= 4 is 0 Å². The van der Waals surface area contributed by atoms with Gasteiger partial charge in [0.05, 0.1) is 42.7 Å². The fourth-order valence-electron chi connectivity index (χ4n) is 10.9. The summed E-state index contributed by atoms with van der Waals surface area (Å²) < 4.78 is 24.3. The molecule has 5 aliphatic carbocycles. The number of fused-ring (bicyclic) bond motifs is 2. The highest BCUT2D eigenvalue weighted by atomic mass is 16.5. The lowest BCUT2D eigenvalue weighted by Crippen LogP contribution is -2.78. The Balaban J connectivity index is 1.65. The summed E-state index contributed by atoms with van der Waals surface area (Å²) in [7, 11) is 6.91. The molecule has 0 amide bonds. The highest BCUT2D eigenvalue weighted by Gasteiger charge is 2.87. The molecule has 1 saturated heterocycles. The Labute approximate surface area is 196 Å². The number of nitrogens with zero attached hydrogens (tertiary/aromatic N) is 1. The van der Waals surface area contributed by atoms with Crippen LogP contribution >= 0.6 is 0 Å². The van der Waals surface area contributed by atoms with Crippen LogP contribution in [0.5, 0.6) is 0 Å². The highest BCUT2D eigenvalue weighted by molar-refractivity contribution is 5.36. The minimum Gasteiger partial charge on any atom is -0.392 e. The van der Waals surface area contributed by atoms with Crippen molar-refractivity contribution < 1.29 is 34.3 Å². The molecular formula is C25H41NO7. The maximum absolute atomic E-state index is 12.6. The van der Waals surface area contributed by atoms with Crippen molar-refractivity contribution in [2.24, 2.45) is 40.4 Å². The Bertz CT molecular complexity index is 799. The van der Waals surface area contributed by atoms with Crippen LogP contribution in [0.15, 0.2) is 0 Å². The summed E-state index contributed by atoms with van der Waals surface area (Å²) in [5.41, 5.74) is -1.93. The molecule has 1 spiro atoms. The van der Waals surface area contributed by atoms with Crippen LogP contribution in [0, 0.1) is 40.4 Å². The van der Waals surface area contributed by atoms with Gasteiger partial charge in [0.2, 0.25) is 0 Å². The lowest BCUT2D eigenvalue weighted by molar-refractivity contribution is -0.295. The van der Waals surface area contributed by atoms with Gasteiger partial charge in [0, 0.05) is 88.4 Å². The molecule has 5 saturated carbocycles. The smallest absolute Gasteiger partial charge is 0.0796 e. The molecule has 6 aliphatic rings.